The van der Waals surface area contributed by atoms with E-state index >= 15 is 0 Å². The number of nitrogens with one attached hydrogen (secondary N) is 1. The highest BCUT2D eigenvalue weighted by Gasteiger charge is 2.23. The largest absolute Gasteiger partial charge is 0.487 e. The Kier molecular flexibility index (Phi) is 6.79. The van der Waals surface area contributed by atoms with Crippen molar-refractivity contribution in [1.82, 2.24) is 5.32 Å². The third-order valence-electron chi connectivity index (χ3n) is 4.86. The normalized spacial score (nSPS) is 13.0. The van der Waals surface area contributed by atoms with Crippen molar-refractivity contribution in [2.45, 2.75) is 31.9 Å². The molecule has 29 heavy (non-hydrogen) atoms. The Morgan fingerprint density at radius 2 is 1.79 bits per heavy atom. The lowest BCUT2D eigenvalue weighted by Crippen LogP contribution is -2.39. The van der Waals surface area contributed by atoms with E-state index in [1.807, 2.05) is 36.4 Å². The molecule has 1 aliphatic carbocycles. The molecule has 6 heteroatoms. The smallest absolute Gasteiger partial charge is 0.290 e. The molecule has 3 aromatic rings. The number of halogens is 1. The average Bonchev–Trinajstić information content (AvgIpc) is 2.70. The van der Waals surface area contributed by atoms with Gasteiger partial charge in [-0.25, -0.2) is 4.39 Å². The lowest BCUT2D eigenvalue weighted by atomic mass is 9.92. The van der Waals surface area contributed by atoms with Crippen LogP contribution in [-0.2, 0) is 11.4 Å². The Hall–Kier alpha value is -3.41. The van der Waals surface area contributed by atoms with Crippen molar-refractivity contribution >= 4 is 23.2 Å². The fourth-order valence-electron chi connectivity index (χ4n) is 3.13. The third kappa shape index (κ3) is 5.10. The van der Waals surface area contributed by atoms with Gasteiger partial charge in [0.15, 0.2) is 0 Å². The number of hydrogen-bond acceptors (Lipinski definition) is 3. The summed E-state index contributed by atoms with van der Waals surface area (Å²) in [7, 11) is 0. The molecule has 1 fully saturated rings. The first-order valence-corrected chi connectivity index (χ1v) is 9.40. The van der Waals surface area contributed by atoms with Crippen LogP contribution >= 0.6 is 0 Å². The second-order valence-electron chi connectivity index (χ2n) is 6.79. The first kappa shape index (κ1) is 20.3. The molecule has 0 aliphatic heterocycles. The van der Waals surface area contributed by atoms with Gasteiger partial charge in [-0.15, -0.1) is 0 Å². The molecule has 0 spiro atoms. The van der Waals surface area contributed by atoms with E-state index in [2.05, 4.69) is 5.32 Å². The maximum atomic E-state index is 13.1. The van der Waals surface area contributed by atoms with Crippen LogP contribution in [0, 0.1) is 5.82 Å². The minimum Gasteiger partial charge on any atom is -0.487 e. The van der Waals surface area contributed by atoms with Gasteiger partial charge in [-0.05, 0) is 48.4 Å². The van der Waals surface area contributed by atoms with Crippen LogP contribution in [0.15, 0.2) is 60.7 Å². The van der Waals surface area contributed by atoms with E-state index in [4.69, 9.17) is 14.6 Å². The van der Waals surface area contributed by atoms with Crippen molar-refractivity contribution in [1.29, 1.82) is 0 Å². The summed E-state index contributed by atoms with van der Waals surface area (Å²) < 4.78 is 19.1. The standard InChI is InChI=1S/C22H20FNO2.CH2O2/c23-17-11-8-15(9-12-17)14-26-21-19-7-2-1-4-16(19)10-13-20(21)22(25)24-18-5-3-6-18;2-1-3/h1-2,4,7-13,18H,3,5-6,14H2,(H,24,25);1H,(H,2,3). The molecule has 150 valence electrons. The molecule has 1 saturated carbocycles. The molecule has 3 aromatic carbocycles. The van der Waals surface area contributed by atoms with Gasteiger partial charge in [0.2, 0.25) is 0 Å². The molecule has 0 bridgehead atoms. The van der Waals surface area contributed by atoms with Crippen molar-refractivity contribution in [3.05, 3.63) is 77.6 Å². The molecule has 0 heterocycles. The Morgan fingerprint density at radius 3 is 2.45 bits per heavy atom. The summed E-state index contributed by atoms with van der Waals surface area (Å²) in [6.07, 6.45) is 3.23. The summed E-state index contributed by atoms with van der Waals surface area (Å²) >= 11 is 0. The summed E-state index contributed by atoms with van der Waals surface area (Å²) in [5.74, 6) is 0.193. The van der Waals surface area contributed by atoms with Gasteiger partial charge >= 0.3 is 0 Å². The number of amides is 1. The van der Waals surface area contributed by atoms with Crippen molar-refractivity contribution in [2.24, 2.45) is 0 Å². The summed E-state index contributed by atoms with van der Waals surface area (Å²) in [6, 6.07) is 18.1. The van der Waals surface area contributed by atoms with Crippen molar-refractivity contribution in [3.63, 3.8) is 0 Å². The number of ether oxygens (including phenoxy) is 1. The predicted octanol–water partition coefficient (Wildman–Crippen LogP) is 4.54. The summed E-state index contributed by atoms with van der Waals surface area (Å²) in [4.78, 5) is 21.1. The second-order valence-corrected chi connectivity index (χ2v) is 6.79. The number of fused-ring (bicyclic) bond motifs is 1. The predicted molar refractivity (Wildman–Crippen MR) is 108 cm³/mol. The monoisotopic (exact) mass is 395 g/mol. The maximum absolute atomic E-state index is 13.1. The molecule has 5 nitrogen and oxygen atoms in total. The number of carboxylic acid groups (broad SMARTS) is 1. The van der Waals surface area contributed by atoms with Crippen LogP contribution in [0.4, 0.5) is 4.39 Å². The van der Waals surface area contributed by atoms with Crippen molar-refractivity contribution < 1.29 is 23.8 Å². The zero-order valence-corrected chi connectivity index (χ0v) is 15.8. The lowest BCUT2D eigenvalue weighted by molar-refractivity contribution is -0.122. The molecular formula is C23H22FNO4. The van der Waals surface area contributed by atoms with Crippen LogP contribution in [0.1, 0.15) is 35.2 Å². The molecular weight excluding hydrogens is 373 g/mol. The molecule has 1 amide bonds. The minimum atomic E-state index is -0.278. The SMILES string of the molecule is O=C(NC1CCC1)c1ccc2ccccc2c1OCc1ccc(F)cc1.O=CO. The quantitative estimate of drug-likeness (QED) is 0.622. The van der Waals surface area contributed by atoms with Gasteiger partial charge in [0.1, 0.15) is 18.2 Å². The van der Waals surface area contributed by atoms with Gasteiger partial charge in [0.05, 0.1) is 5.56 Å². The fraction of sp³-hybridized carbons (Fsp3) is 0.217. The fourth-order valence-corrected chi connectivity index (χ4v) is 3.13. The Bertz CT molecular complexity index is 984. The number of carbonyl (C=O) groups is 2. The summed E-state index contributed by atoms with van der Waals surface area (Å²) in [6.45, 7) is 0.0258. The van der Waals surface area contributed by atoms with Gasteiger partial charge in [-0.1, -0.05) is 42.5 Å². The van der Waals surface area contributed by atoms with Gasteiger partial charge in [-0.3, -0.25) is 9.59 Å². The van der Waals surface area contributed by atoms with Gasteiger partial charge in [0.25, 0.3) is 12.4 Å². The molecule has 0 saturated heterocycles. The van der Waals surface area contributed by atoms with Crippen LogP contribution in [-0.4, -0.2) is 23.5 Å². The highest BCUT2D eigenvalue weighted by molar-refractivity contribution is 6.04. The van der Waals surface area contributed by atoms with E-state index in [1.165, 1.54) is 12.1 Å². The molecule has 0 radical (unpaired) electrons. The lowest BCUT2D eigenvalue weighted by Gasteiger charge is -2.27. The number of benzene rings is 3. The number of hydrogen-bond donors (Lipinski definition) is 2. The number of rotatable bonds is 5. The zero-order valence-electron chi connectivity index (χ0n) is 15.8. The van der Waals surface area contributed by atoms with Crippen LogP contribution in [0.5, 0.6) is 5.75 Å². The molecule has 1 aliphatic rings. The molecule has 0 aromatic heterocycles. The average molecular weight is 395 g/mol. The molecule has 4 rings (SSSR count). The summed E-state index contributed by atoms with van der Waals surface area (Å²) in [5.41, 5.74) is 1.39. The van der Waals surface area contributed by atoms with E-state index in [-0.39, 0.29) is 30.8 Å². The van der Waals surface area contributed by atoms with Crippen LogP contribution in [0.2, 0.25) is 0 Å². The topological polar surface area (TPSA) is 75.6 Å². The van der Waals surface area contributed by atoms with Gasteiger partial charge in [0, 0.05) is 11.4 Å². The highest BCUT2D eigenvalue weighted by Crippen LogP contribution is 2.31. The zero-order chi connectivity index (χ0) is 20.6. The van der Waals surface area contributed by atoms with Crippen LogP contribution in [0.25, 0.3) is 10.8 Å². The Balaban J connectivity index is 0.000000755. The summed E-state index contributed by atoms with van der Waals surface area (Å²) in [5, 5.41) is 11.9. The van der Waals surface area contributed by atoms with E-state index < -0.39 is 0 Å². The maximum Gasteiger partial charge on any atom is 0.290 e. The van der Waals surface area contributed by atoms with Crippen molar-refractivity contribution in [3.8, 4) is 5.75 Å². The molecule has 0 atom stereocenters. The van der Waals surface area contributed by atoms with E-state index in [1.54, 1.807) is 12.1 Å². The van der Waals surface area contributed by atoms with E-state index in [0.29, 0.717) is 11.3 Å². The van der Waals surface area contributed by atoms with E-state index in [9.17, 15) is 9.18 Å². The van der Waals surface area contributed by atoms with Gasteiger partial charge < -0.3 is 15.2 Å². The first-order chi connectivity index (χ1) is 14.1. The van der Waals surface area contributed by atoms with Gasteiger partial charge in [-0.2, -0.15) is 0 Å². The van der Waals surface area contributed by atoms with Crippen molar-refractivity contribution in [2.75, 3.05) is 0 Å². The first-order valence-electron chi connectivity index (χ1n) is 9.40. The Morgan fingerprint density at radius 1 is 1.10 bits per heavy atom. The second kappa shape index (κ2) is 9.68. The highest BCUT2D eigenvalue weighted by atomic mass is 19.1. The number of carbonyl (C=O) groups excluding carboxylic acids is 1. The van der Waals surface area contributed by atoms with E-state index in [0.717, 1.165) is 35.6 Å². The van der Waals surface area contributed by atoms with Crippen LogP contribution in [0.3, 0.4) is 0 Å². The minimum absolute atomic E-state index is 0.102. The third-order valence-corrected chi connectivity index (χ3v) is 4.86. The Labute approximate surface area is 168 Å². The molecule has 0 unspecified atom stereocenters. The molecule has 2 N–H and O–H groups in total. The van der Waals surface area contributed by atoms with Crippen LogP contribution < -0.4 is 10.1 Å².